The topological polar surface area (TPSA) is 443 Å². The van der Waals surface area contributed by atoms with Crippen molar-refractivity contribution in [3.05, 3.63) is 120 Å². The molecule has 0 aliphatic rings. The third-order valence-corrected chi connectivity index (χ3v) is 14.3. The summed E-state index contributed by atoms with van der Waals surface area (Å²) < 4.78 is 5.63. The summed E-state index contributed by atoms with van der Waals surface area (Å²) in [5, 5.41) is 34.3. The lowest BCUT2D eigenvalue weighted by Crippen LogP contribution is -2.60. The number of nitrogens with one attached hydrogen (secondary N) is 11. The largest absolute Gasteiger partial charge is 0.494 e. The predicted octanol–water partition coefficient (Wildman–Crippen LogP) is -2.26. The average Bonchev–Trinajstić information content (AvgIpc) is 4.10. The number of hydrogen-bond donors (Lipinski definition) is 17. The molecule has 0 aliphatic heterocycles. The minimum atomic E-state index is -1.47. The van der Waals surface area contributed by atoms with Gasteiger partial charge in [0.1, 0.15) is 54.1 Å². The number of thiol groups is 2. The number of aromatic nitrogens is 3. The zero-order chi connectivity index (χ0) is 64.3. The molecule has 5 aromatic rings. The highest BCUT2D eigenvalue weighted by Gasteiger charge is 2.35. The lowest BCUT2D eigenvalue weighted by Gasteiger charge is -2.27. The van der Waals surface area contributed by atoms with E-state index in [4.69, 9.17) is 21.9 Å². The van der Waals surface area contributed by atoms with Gasteiger partial charge in [0, 0.05) is 92.6 Å². The van der Waals surface area contributed by atoms with Gasteiger partial charge in [-0.3, -0.25) is 52.9 Å². The lowest BCUT2D eigenvalue weighted by molar-refractivity contribution is -0.135. The summed E-state index contributed by atoms with van der Waals surface area (Å²) in [5.41, 5.74) is 19.6. The Kier molecular flexibility index (Phi) is 28.1. The summed E-state index contributed by atoms with van der Waals surface area (Å²) in [7, 11) is 0. The first-order chi connectivity index (χ1) is 42.1. The van der Waals surface area contributed by atoms with Crippen molar-refractivity contribution in [2.45, 2.75) is 120 Å². The molecule has 3 aromatic carbocycles. The first kappa shape index (κ1) is 69.6. The average molecular weight is 1260 g/mol. The van der Waals surface area contributed by atoms with Crippen molar-refractivity contribution < 1.29 is 57.8 Å². The molecule has 88 heavy (non-hydrogen) atoms. The molecular formula is C58H78N16O12S2. The van der Waals surface area contributed by atoms with Gasteiger partial charge in [0.05, 0.1) is 19.0 Å². The van der Waals surface area contributed by atoms with E-state index in [2.05, 4.69) is 93.1 Å². The Morgan fingerprint density at radius 3 is 1.74 bits per heavy atom. The highest BCUT2D eigenvalue weighted by Crippen LogP contribution is 2.20. The van der Waals surface area contributed by atoms with Crippen molar-refractivity contribution in [1.82, 2.24) is 62.8 Å². The molecule has 0 saturated carbocycles. The van der Waals surface area contributed by atoms with Gasteiger partial charge in [0.15, 0.2) is 5.96 Å². The fourth-order valence-corrected chi connectivity index (χ4v) is 9.60. The highest BCUT2D eigenvalue weighted by atomic mass is 32.1. The number of aliphatic hydroxyl groups excluding tert-OH is 1. The van der Waals surface area contributed by atoms with Crippen LogP contribution in [0.15, 0.2) is 103 Å². The molecule has 0 spiro atoms. The van der Waals surface area contributed by atoms with Crippen LogP contribution < -0.4 is 69.8 Å². The molecule has 5 rings (SSSR count). The van der Waals surface area contributed by atoms with Crippen molar-refractivity contribution in [3.8, 4) is 5.75 Å². The number of amides is 10. The molecule has 9 atom stereocenters. The maximum Gasteiger partial charge on any atom is 0.244 e. The van der Waals surface area contributed by atoms with Crippen LogP contribution in [0.1, 0.15) is 62.4 Å². The van der Waals surface area contributed by atoms with Gasteiger partial charge in [-0.25, -0.2) is 4.98 Å². The summed E-state index contributed by atoms with van der Waals surface area (Å²) in [4.78, 5) is 151. The highest BCUT2D eigenvalue weighted by molar-refractivity contribution is 7.80. The Balaban J connectivity index is 1.41. The molecule has 0 fully saturated rings. The summed E-state index contributed by atoms with van der Waals surface area (Å²) in [5.74, 6) is -8.06. The number of guanidine groups is 1. The van der Waals surface area contributed by atoms with Crippen LogP contribution in [-0.4, -0.2) is 171 Å². The van der Waals surface area contributed by atoms with Crippen LogP contribution in [-0.2, 0) is 73.6 Å². The molecular weight excluding hydrogens is 1180 g/mol. The van der Waals surface area contributed by atoms with E-state index >= 15 is 0 Å². The number of imidazole rings is 1. The SMILES string of the molecule is CCOc1ccc(C[C@@H](NC(=O)[C@H](Cc2cnc[nH]2)NC(=O)[C@H](CS)NC(=O)[C@@H](Cc2ccccc2)NC(C)=O)C(=O)N[C@@H](CCCN=C(N)N)C(=O)N[C@@H](Cc2c[nH]c3ccccc23)C(=O)NCCC(=O)N[C@H](CS)C(=O)N[C@H](C(N)=O)[C@@H](C)O)cc1. The van der Waals surface area contributed by atoms with Gasteiger partial charge in [-0.2, -0.15) is 25.3 Å². The van der Waals surface area contributed by atoms with Crippen molar-refractivity contribution in [3.63, 3.8) is 0 Å². The van der Waals surface area contributed by atoms with E-state index < -0.39 is 114 Å². The van der Waals surface area contributed by atoms with Crippen molar-refractivity contribution in [2.75, 3.05) is 31.2 Å². The number of ether oxygens (including phenoxy) is 1. The lowest BCUT2D eigenvalue weighted by atomic mass is 10.0. The van der Waals surface area contributed by atoms with Crippen molar-refractivity contribution in [1.29, 1.82) is 0 Å². The molecule has 2 heterocycles. The maximum absolute atomic E-state index is 14.9. The quantitative estimate of drug-likeness (QED) is 0.00872. The number of benzene rings is 3. The van der Waals surface area contributed by atoms with E-state index in [0.29, 0.717) is 29.2 Å². The molecule has 10 amide bonds. The summed E-state index contributed by atoms with van der Waals surface area (Å²) in [6, 6.07) is 12.0. The molecule has 0 bridgehead atoms. The van der Waals surface area contributed by atoms with Gasteiger partial charge in [-0.05, 0) is 61.6 Å². The van der Waals surface area contributed by atoms with Gasteiger partial charge in [0.25, 0.3) is 0 Å². The smallest absolute Gasteiger partial charge is 0.244 e. The number of hydrogen-bond acceptors (Lipinski definition) is 16. The molecule has 0 aliphatic carbocycles. The van der Waals surface area contributed by atoms with Crippen LogP contribution in [0.4, 0.5) is 0 Å². The number of carbonyl (C=O) groups excluding carboxylic acids is 10. The molecule has 474 valence electrons. The molecule has 30 heteroatoms. The van der Waals surface area contributed by atoms with Crippen LogP contribution in [0.3, 0.4) is 0 Å². The first-order valence-electron chi connectivity index (χ1n) is 28.3. The Labute approximate surface area is 518 Å². The second-order valence-corrected chi connectivity index (χ2v) is 21.2. The second kappa shape index (κ2) is 35.5. The molecule has 0 saturated heterocycles. The number of nitrogens with two attached hydrogens (primary N) is 3. The van der Waals surface area contributed by atoms with Crippen LogP contribution in [0.5, 0.6) is 5.75 Å². The number of primary amides is 1. The van der Waals surface area contributed by atoms with Gasteiger partial charge >= 0.3 is 0 Å². The molecule has 0 radical (unpaired) electrons. The minimum Gasteiger partial charge on any atom is -0.494 e. The summed E-state index contributed by atoms with van der Waals surface area (Å²) >= 11 is 8.48. The fraction of sp³-hybridized carbons (Fsp3) is 0.414. The number of para-hydroxylation sites is 1. The van der Waals surface area contributed by atoms with Crippen LogP contribution >= 0.6 is 25.3 Å². The Morgan fingerprint density at radius 1 is 0.625 bits per heavy atom. The first-order valence-corrected chi connectivity index (χ1v) is 29.5. The maximum atomic E-state index is 14.9. The monoisotopic (exact) mass is 1250 g/mol. The Bertz CT molecular complexity index is 3180. The Morgan fingerprint density at radius 2 is 1.16 bits per heavy atom. The number of rotatable bonds is 36. The van der Waals surface area contributed by atoms with E-state index in [-0.39, 0.29) is 75.5 Å². The standard InChI is InChI=1S/C58H78N16O12S2/c1-4-86-38-18-16-35(17-19-38)24-43(70-55(83)45(26-37-28-62-31-66-37)72-56(84)47(30-88)73-53(81)42(67-33(3)76)23-34-11-6-5-7-12-34)54(82)69-41(15-10-21-64-58(60)61)52(80)71-44(25-36-27-65-40-14-9-8-13-39(36)40)51(79)63-22-20-48(77)68-46(29-87)57(85)74-49(32(2)75)50(59)78/h5-9,11-14,16-19,27-28,31-32,41-47,49,65,75,87-88H,4,10,15,20-26,29-30H2,1-3H3,(H2,59,78)(H,62,66)(H,63,79)(H,67,76)(H,68,77)(H,69,82)(H,70,83)(H,71,80)(H,72,84)(H,73,81)(H,74,85)(H4,60,61,64)/t32-,41+,42-,43-,44+,45+,46-,47+,49+/m1/s1. The van der Waals surface area contributed by atoms with Gasteiger partial charge in [-0.15, -0.1) is 0 Å². The number of nitrogens with zero attached hydrogens (tertiary/aromatic N) is 2. The van der Waals surface area contributed by atoms with Crippen LogP contribution in [0.2, 0.25) is 0 Å². The van der Waals surface area contributed by atoms with Crippen molar-refractivity contribution in [2.24, 2.45) is 22.2 Å². The number of aliphatic imine (C=N–C) groups is 1. The molecule has 2 aromatic heterocycles. The van der Waals surface area contributed by atoms with Gasteiger partial charge < -0.3 is 84.9 Å². The number of fused-ring (bicyclic) bond motifs is 1. The van der Waals surface area contributed by atoms with E-state index in [1.54, 1.807) is 66.9 Å². The molecule has 18 N–H and O–H groups in total. The molecule has 28 nitrogen and oxygen atoms in total. The normalized spacial score (nSPS) is 14.1. The van der Waals surface area contributed by atoms with Crippen molar-refractivity contribution >= 4 is 101 Å². The minimum absolute atomic E-state index is 0.0152. The fourth-order valence-electron chi connectivity index (χ4n) is 9.09. The van der Waals surface area contributed by atoms with E-state index in [9.17, 15) is 53.1 Å². The van der Waals surface area contributed by atoms with E-state index in [1.807, 2.05) is 25.1 Å². The van der Waals surface area contributed by atoms with Crippen LogP contribution in [0, 0.1) is 0 Å². The number of aromatic amines is 2. The summed E-state index contributed by atoms with van der Waals surface area (Å²) in [6.07, 6.45) is 2.39. The number of carbonyl (C=O) groups is 10. The zero-order valence-electron chi connectivity index (χ0n) is 48.9. The van der Waals surface area contributed by atoms with Gasteiger partial charge in [0.2, 0.25) is 59.1 Å². The zero-order valence-corrected chi connectivity index (χ0v) is 50.7. The Hall–Kier alpha value is -9.16. The third-order valence-electron chi connectivity index (χ3n) is 13.6. The predicted molar refractivity (Wildman–Crippen MR) is 333 cm³/mol. The third kappa shape index (κ3) is 22.6. The van der Waals surface area contributed by atoms with E-state index in [0.717, 1.165) is 16.5 Å². The second-order valence-electron chi connectivity index (χ2n) is 20.5. The molecule has 0 unspecified atom stereocenters. The summed E-state index contributed by atoms with van der Waals surface area (Å²) in [6.45, 7) is 4.40. The number of H-pyrrole nitrogens is 2. The van der Waals surface area contributed by atoms with E-state index in [1.165, 1.54) is 26.4 Å². The number of aliphatic hydroxyl groups is 1. The van der Waals surface area contributed by atoms with Gasteiger partial charge in [-0.1, -0.05) is 60.7 Å². The van der Waals surface area contributed by atoms with Crippen LogP contribution in [0.25, 0.3) is 10.9 Å².